The third-order valence-corrected chi connectivity index (χ3v) is 5.44. The highest BCUT2D eigenvalue weighted by molar-refractivity contribution is 5.80. The summed E-state index contributed by atoms with van der Waals surface area (Å²) >= 11 is 0. The molecule has 0 bridgehead atoms. The molecule has 1 aromatic heterocycles. The second kappa shape index (κ2) is 9.05. The van der Waals surface area contributed by atoms with E-state index in [4.69, 9.17) is 0 Å². The maximum atomic E-state index is 13.5. The molecular weight excluding hydrogens is 448 g/mol. The highest BCUT2D eigenvalue weighted by Gasteiger charge is 2.38. The summed E-state index contributed by atoms with van der Waals surface area (Å²) in [5.41, 5.74) is -1.86. The van der Waals surface area contributed by atoms with Crippen LogP contribution in [0.1, 0.15) is 29.5 Å². The van der Waals surface area contributed by atoms with Crippen LogP contribution in [-0.4, -0.2) is 29.1 Å². The topological polar surface area (TPSA) is 61.9 Å². The second-order valence-electron chi connectivity index (χ2n) is 7.80. The normalized spacial score (nSPS) is 15.6. The summed E-state index contributed by atoms with van der Waals surface area (Å²) in [4.78, 5) is 9.06. The zero-order valence-corrected chi connectivity index (χ0v) is 17.3. The Balaban J connectivity index is 1.65. The summed E-state index contributed by atoms with van der Waals surface area (Å²) in [5, 5.41) is 9.40. The van der Waals surface area contributed by atoms with Crippen molar-refractivity contribution in [3.05, 3.63) is 59.2 Å². The maximum absolute atomic E-state index is 13.5. The lowest BCUT2D eigenvalue weighted by molar-refractivity contribution is -0.143. The van der Waals surface area contributed by atoms with E-state index < -0.39 is 23.5 Å². The molecule has 33 heavy (non-hydrogen) atoms. The third-order valence-electron chi connectivity index (χ3n) is 5.44. The van der Waals surface area contributed by atoms with Gasteiger partial charge >= 0.3 is 12.4 Å². The summed E-state index contributed by atoms with van der Waals surface area (Å²) in [7, 11) is 0. The van der Waals surface area contributed by atoms with Gasteiger partial charge in [-0.3, -0.25) is 0 Å². The number of nitrogens with one attached hydrogen (secondary N) is 3. The van der Waals surface area contributed by atoms with Crippen LogP contribution in [0, 0.1) is 0 Å². The summed E-state index contributed by atoms with van der Waals surface area (Å²) in [6.45, 7) is 1.27. The van der Waals surface area contributed by atoms with Crippen LogP contribution < -0.4 is 16.0 Å². The summed E-state index contributed by atoms with van der Waals surface area (Å²) in [5.74, 6) is 0.626. The van der Waals surface area contributed by atoms with Crippen molar-refractivity contribution in [2.24, 2.45) is 0 Å². The van der Waals surface area contributed by atoms with E-state index in [0.29, 0.717) is 22.9 Å². The van der Waals surface area contributed by atoms with Gasteiger partial charge in [-0.15, -0.1) is 0 Å². The first-order chi connectivity index (χ1) is 15.6. The van der Waals surface area contributed by atoms with Gasteiger partial charge in [0.1, 0.15) is 0 Å². The molecule has 4 rings (SSSR count). The molecule has 0 aliphatic carbocycles. The molecule has 5 nitrogen and oxygen atoms in total. The lowest BCUT2D eigenvalue weighted by atomic mass is 10.0. The Bertz CT molecular complexity index is 1120. The molecule has 11 heteroatoms. The van der Waals surface area contributed by atoms with Crippen LogP contribution in [0.5, 0.6) is 0 Å². The Morgan fingerprint density at radius 2 is 1.48 bits per heavy atom. The first-order valence-corrected chi connectivity index (χ1v) is 10.4. The smallest absolute Gasteiger partial charge is 0.364 e. The number of fused-ring (bicyclic) bond motifs is 1. The minimum atomic E-state index is -4.94. The lowest BCUT2D eigenvalue weighted by Gasteiger charge is -2.25. The molecule has 3 N–H and O–H groups in total. The van der Waals surface area contributed by atoms with E-state index in [1.54, 1.807) is 24.3 Å². The fourth-order valence-electron chi connectivity index (χ4n) is 3.73. The van der Waals surface area contributed by atoms with Gasteiger partial charge in [0.2, 0.25) is 0 Å². The Morgan fingerprint density at radius 3 is 2.09 bits per heavy atom. The molecule has 0 radical (unpaired) electrons. The molecule has 0 atom stereocenters. The minimum Gasteiger partial charge on any atom is -0.364 e. The van der Waals surface area contributed by atoms with Crippen molar-refractivity contribution in [3.63, 3.8) is 0 Å². The first-order valence-electron chi connectivity index (χ1n) is 10.4. The number of anilines is 2. The highest BCUT2D eigenvalue weighted by Crippen LogP contribution is 2.37. The van der Waals surface area contributed by atoms with Gasteiger partial charge < -0.3 is 16.0 Å². The van der Waals surface area contributed by atoms with Crippen molar-refractivity contribution in [1.29, 1.82) is 0 Å². The number of hydrogen-bond donors (Lipinski definition) is 3. The number of alkyl halides is 6. The van der Waals surface area contributed by atoms with Crippen LogP contribution in [0.4, 0.5) is 38.0 Å². The fraction of sp³-hybridized carbons (Fsp3) is 0.364. The van der Waals surface area contributed by atoms with Gasteiger partial charge in [-0.1, -0.05) is 18.2 Å². The van der Waals surface area contributed by atoms with Crippen LogP contribution in [0.25, 0.3) is 11.0 Å². The molecule has 3 aromatic rings. The van der Waals surface area contributed by atoms with Crippen molar-refractivity contribution in [3.8, 4) is 0 Å². The molecule has 1 aliphatic heterocycles. The average molecular weight is 469 g/mol. The van der Waals surface area contributed by atoms with Crippen LogP contribution in [0.15, 0.2) is 42.5 Å². The largest absolute Gasteiger partial charge is 0.416 e. The van der Waals surface area contributed by atoms with E-state index >= 15 is 0 Å². The number of aromatic nitrogens is 2. The third kappa shape index (κ3) is 5.47. The highest BCUT2D eigenvalue weighted by atomic mass is 19.4. The number of rotatable bonds is 5. The van der Waals surface area contributed by atoms with E-state index in [-0.39, 0.29) is 30.0 Å². The molecule has 0 saturated carbocycles. The number of benzene rings is 2. The van der Waals surface area contributed by atoms with E-state index in [2.05, 4.69) is 25.9 Å². The first kappa shape index (κ1) is 23.1. The SMILES string of the molecule is FC(F)(F)c1ccc(CNc2nc3ccccc3nc2NC2CCNCC2)c(C(F)(F)F)c1. The van der Waals surface area contributed by atoms with Gasteiger partial charge in [0.05, 0.1) is 22.2 Å². The predicted molar refractivity (Wildman–Crippen MR) is 113 cm³/mol. The number of nitrogens with zero attached hydrogens (tertiary/aromatic N) is 2. The molecule has 1 aliphatic rings. The zero-order valence-electron chi connectivity index (χ0n) is 17.3. The zero-order chi connectivity index (χ0) is 23.6. The Kier molecular flexibility index (Phi) is 6.33. The molecule has 0 spiro atoms. The molecule has 2 heterocycles. The maximum Gasteiger partial charge on any atom is 0.416 e. The molecular formula is C22H21F6N5. The molecule has 1 saturated heterocycles. The van der Waals surface area contributed by atoms with E-state index in [0.717, 1.165) is 32.0 Å². The van der Waals surface area contributed by atoms with Gasteiger partial charge in [0.25, 0.3) is 0 Å². The Labute approximate surface area is 185 Å². The molecule has 0 unspecified atom stereocenters. The summed E-state index contributed by atoms with van der Waals surface area (Å²) in [6, 6.07) is 8.79. The van der Waals surface area contributed by atoms with Crippen molar-refractivity contribution in [2.45, 2.75) is 37.8 Å². The number of piperidine rings is 1. The quantitative estimate of drug-likeness (QED) is 0.434. The van der Waals surface area contributed by atoms with Gasteiger partial charge in [-0.2, -0.15) is 26.3 Å². The van der Waals surface area contributed by atoms with Crippen molar-refractivity contribution >= 4 is 22.7 Å². The average Bonchev–Trinajstić information content (AvgIpc) is 2.77. The fourth-order valence-corrected chi connectivity index (χ4v) is 3.73. The van der Waals surface area contributed by atoms with Gasteiger partial charge in [-0.25, -0.2) is 9.97 Å². The van der Waals surface area contributed by atoms with Crippen LogP contribution >= 0.6 is 0 Å². The number of hydrogen-bond acceptors (Lipinski definition) is 5. The standard InChI is InChI=1S/C22H21F6N5/c23-21(24,25)14-6-5-13(16(11-14)22(26,27)28)12-30-19-20(31-15-7-9-29-10-8-15)33-18-4-2-1-3-17(18)32-19/h1-6,11,15,29H,7-10,12H2,(H,30,32)(H,31,33). The summed E-state index contributed by atoms with van der Waals surface area (Å²) in [6.07, 6.45) is -8.14. The predicted octanol–water partition coefficient (Wildman–Crippen LogP) is 5.44. The van der Waals surface area contributed by atoms with Gasteiger partial charge in [0.15, 0.2) is 11.6 Å². The second-order valence-corrected chi connectivity index (χ2v) is 7.80. The minimum absolute atomic E-state index is 0.110. The molecule has 2 aromatic carbocycles. The van der Waals surface area contributed by atoms with Crippen molar-refractivity contribution in [1.82, 2.24) is 15.3 Å². The lowest BCUT2D eigenvalue weighted by Crippen LogP contribution is -2.35. The number of para-hydroxylation sites is 2. The van der Waals surface area contributed by atoms with Crippen LogP contribution in [0.2, 0.25) is 0 Å². The molecule has 0 amide bonds. The summed E-state index contributed by atoms with van der Waals surface area (Å²) < 4.78 is 79.3. The van der Waals surface area contributed by atoms with E-state index in [1.807, 2.05) is 0 Å². The Morgan fingerprint density at radius 1 is 0.848 bits per heavy atom. The van der Waals surface area contributed by atoms with E-state index in [1.165, 1.54) is 0 Å². The monoisotopic (exact) mass is 469 g/mol. The molecule has 1 fully saturated rings. The van der Waals surface area contributed by atoms with Crippen LogP contribution in [-0.2, 0) is 18.9 Å². The van der Waals surface area contributed by atoms with Gasteiger partial charge in [-0.05, 0) is 55.8 Å². The van der Waals surface area contributed by atoms with Gasteiger partial charge in [0, 0.05) is 12.6 Å². The van der Waals surface area contributed by atoms with E-state index in [9.17, 15) is 26.3 Å². The van der Waals surface area contributed by atoms with Crippen LogP contribution in [0.3, 0.4) is 0 Å². The van der Waals surface area contributed by atoms with Crippen molar-refractivity contribution < 1.29 is 26.3 Å². The molecule has 176 valence electrons. The van der Waals surface area contributed by atoms with Crippen molar-refractivity contribution in [2.75, 3.05) is 23.7 Å². The number of halogens is 6. The Hall–Kier alpha value is -3.08.